The highest BCUT2D eigenvalue weighted by atomic mass is 16.3. The summed E-state index contributed by atoms with van der Waals surface area (Å²) in [5, 5.41) is 25.8. The Bertz CT molecular complexity index is 2200. The van der Waals surface area contributed by atoms with Crippen LogP contribution in [0.15, 0.2) is 133 Å². The standard InChI is InChI=1S/C40H28N2O/c1-27-9-17-33(18-10-27)42(40-8-4-6-30-5-2-3-7-37(30)40)34-19-13-28(14-20-34)11-12-29-15-22-36-32(23-29)24-31-16-21-35(43)25-38(31)39(36)26-41/h2-25,43H,1H3. The highest BCUT2D eigenvalue weighted by molar-refractivity contribution is 6.05. The van der Waals surface area contributed by atoms with Gasteiger partial charge in [0, 0.05) is 27.5 Å². The summed E-state index contributed by atoms with van der Waals surface area (Å²) in [4.78, 5) is 2.31. The van der Waals surface area contributed by atoms with Crippen molar-refractivity contribution in [2.45, 2.75) is 6.92 Å². The molecule has 0 aliphatic rings. The van der Waals surface area contributed by atoms with Crippen molar-refractivity contribution in [3.05, 3.63) is 156 Å². The number of phenols is 1. The molecule has 7 rings (SSSR count). The maximum atomic E-state index is 9.94. The van der Waals surface area contributed by atoms with Gasteiger partial charge in [-0.1, -0.05) is 96.6 Å². The molecule has 0 aliphatic heterocycles. The number of nitriles is 1. The fraction of sp³-hybridized carbons (Fsp3) is 0.0250. The molecular weight excluding hydrogens is 524 g/mol. The quantitative estimate of drug-likeness (QED) is 0.171. The van der Waals surface area contributed by atoms with Crippen LogP contribution in [0.1, 0.15) is 22.3 Å². The minimum Gasteiger partial charge on any atom is -0.508 e. The highest BCUT2D eigenvalue weighted by Crippen LogP contribution is 2.39. The van der Waals surface area contributed by atoms with Crippen molar-refractivity contribution >= 4 is 61.5 Å². The second-order valence-corrected chi connectivity index (χ2v) is 10.8. The molecule has 1 N–H and O–H groups in total. The maximum Gasteiger partial charge on any atom is 0.116 e. The summed E-state index contributed by atoms with van der Waals surface area (Å²) in [7, 11) is 0. The van der Waals surface area contributed by atoms with Gasteiger partial charge in [-0.05, 0) is 88.8 Å². The number of hydrogen-bond acceptors (Lipinski definition) is 3. The Morgan fingerprint density at radius 2 is 1.28 bits per heavy atom. The first-order valence-corrected chi connectivity index (χ1v) is 14.3. The number of aryl methyl sites for hydroxylation is 1. The van der Waals surface area contributed by atoms with E-state index < -0.39 is 0 Å². The lowest BCUT2D eigenvalue weighted by molar-refractivity contribution is 0.476. The largest absolute Gasteiger partial charge is 0.508 e. The van der Waals surface area contributed by atoms with Gasteiger partial charge in [-0.3, -0.25) is 0 Å². The average Bonchev–Trinajstić information content (AvgIpc) is 3.04. The van der Waals surface area contributed by atoms with Crippen molar-refractivity contribution in [2.24, 2.45) is 0 Å². The van der Waals surface area contributed by atoms with Gasteiger partial charge in [0.15, 0.2) is 0 Å². The summed E-state index contributed by atoms with van der Waals surface area (Å²) in [6.45, 7) is 2.11. The third kappa shape index (κ3) is 4.96. The number of aromatic hydroxyl groups is 1. The summed E-state index contributed by atoms with van der Waals surface area (Å²) in [6.07, 6.45) is 4.22. The number of fused-ring (bicyclic) bond motifs is 3. The fourth-order valence-corrected chi connectivity index (χ4v) is 5.80. The molecule has 0 saturated carbocycles. The van der Waals surface area contributed by atoms with Gasteiger partial charge in [-0.15, -0.1) is 0 Å². The molecule has 7 aromatic rings. The first-order valence-electron chi connectivity index (χ1n) is 14.3. The summed E-state index contributed by atoms with van der Waals surface area (Å²) in [5.41, 5.74) is 7.30. The molecule has 3 nitrogen and oxygen atoms in total. The summed E-state index contributed by atoms with van der Waals surface area (Å²) >= 11 is 0. The number of benzene rings is 7. The van der Waals surface area contributed by atoms with E-state index in [1.165, 1.54) is 16.3 Å². The maximum absolute atomic E-state index is 9.94. The van der Waals surface area contributed by atoms with Crippen LogP contribution in [0.25, 0.3) is 44.5 Å². The van der Waals surface area contributed by atoms with Gasteiger partial charge in [0.05, 0.1) is 11.3 Å². The average molecular weight is 553 g/mol. The van der Waals surface area contributed by atoms with Gasteiger partial charge in [-0.25, -0.2) is 0 Å². The topological polar surface area (TPSA) is 47.3 Å². The van der Waals surface area contributed by atoms with Gasteiger partial charge < -0.3 is 10.0 Å². The van der Waals surface area contributed by atoms with Crippen molar-refractivity contribution in [3.63, 3.8) is 0 Å². The van der Waals surface area contributed by atoms with Crippen molar-refractivity contribution in [1.29, 1.82) is 5.26 Å². The van der Waals surface area contributed by atoms with E-state index in [0.29, 0.717) is 5.56 Å². The van der Waals surface area contributed by atoms with Gasteiger partial charge >= 0.3 is 0 Å². The van der Waals surface area contributed by atoms with Crippen molar-refractivity contribution in [1.82, 2.24) is 0 Å². The first-order chi connectivity index (χ1) is 21.1. The molecule has 43 heavy (non-hydrogen) atoms. The van der Waals surface area contributed by atoms with E-state index >= 15 is 0 Å². The van der Waals surface area contributed by atoms with Crippen LogP contribution in [0, 0.1) is 18.3 Å². The van der Waals surface area contributed by atoms with E-state index in [-0.39, 0.29) is 5.75 Å². The van der Waals surface area contributed by atoms with Gasteiger partial charge in [-0.2, -0.15) is 5.26 Å². The molecule has 0 fully saturated rings. The Balaban J connectivity index is 1.23. The zero-order valence-corrected chi connectivity index (χ0v) is 23.7. The van der Waals surface area contributed by atoms with E-state index in [1.807, 2.05) is 18.2 Å². The van der Waals surface area contributed by atoms with E-state index in [9.17, 15) is 10.4 Å². The molecule has 0 bridgehead atoms. The van der Waals surface area contributed by atoms with E-state index in [1.54, 1.807) is 12.1 Å². The molecule has 0 spiro atoms. The number of nitrogens with zero attached hydrogens (tertiary/aromatic N) is 2. The Morgan fingerprint density at radius 1 is 0.581 bits per heavy atom. The molecule has 0 aromatic heterocycles. The molecule has 3 heteroatoms. The molecule has 0 aliphatic carbocycles. The van der Waals surface area contributed by atoms with Crippen molar-refractivity contribution in [3.8, 4) is 11.8 Å². The van der Waals surface area contributed by atoms with E-state index in [2.05, 4.69) is 133 Å². The smallest absolute Gasteiger partial charge is 0.116 e. The van der Waals surface area contributed by atoms with E-state index in [0.717, 1.165) is 49.7 Å². The normalized spacial score (nSPS) is 11.3. The fourth-order valence-electron chi connectivity index (χ4n) is 5.80. The molecule has 0 unspecified atom stereocenters. The monoisotopic (exact) mass is 552 g/mol. The van der Waals surface area contributed by atoms with Crippen LogP contribution in [0.4, 0.5) is 17.1 Å². The van der Waals surface area contributed by atoms with Gasteiger partial charge in [0.2, 0.25) is 0 Å². The Kier molecular flexibility index (Phi) is 6.58. The third-order valence-corrected chi connectivity index (χ3v) is 7.99. The van der Waals surface area contributed by atoms with Gasteiger partial charge in [0.1, 0.15) is 11.8 Å². The first kappa shape index (κ1) is 26.1. The molecule has 0 saturated heterocycles. The predicted octanol–water partition coefficient (Wildman–Crippen LogP) is 10.7. The lowest BCUT2D eigenvalue weighted by Crippen LogP contribution is -2.10. The number of phenolic OH excluding ortho intramolecular Hbond substituents is 1. The van der Waals surface area contributed by atoms with Crippen LogP contribution in [0.3, 0.4) is 0 Å². The Labute approximate surface area is 250 Å². The number of hydrogen-bond donors (Lipinski definition) is 1. The second kappa shape index (κ2) is 10.9. The number of rotatable bonds is 5. The molecule has 204 valence electrons. The summed E-state index contributed by atoms with van der Waals surface area (Å²) < 4.78 is 0. The number of anilines is 3. The predicted molar refractivity (Wildman–Crippen MR) is 180 cm³/mol. The van der Waals surface area contributed by atoms with Gasteiger partial charge in [0.25, 0.3) is 0 Å². The molecule has 0 amide bonds. The van der Waals surface area contributed by atoms with Crippen LogP contribution in [0.5, 0.6) is 5.75 Å². The second-order valence-electron chi connectivity index (χ2n) is 10.8. The van der Waals surface area contributed by atoms with Crippen molar-refractivity contribution in [2.75, 3.05) is 4.90 Å². The minimum atomic E-state index is 0.160. The molecule has 7 aromatic carbocycles. The summed E-state index contributed by atoms with van der Waals surface area (Å²) in [5.74, 6) is 0.160. The lowest BCUT2D eigenvalue weighted by Gasteiger charge is -2.27. The van der Waals surface area contributed by atoms with Crippen molar-refractivity contribution < 1.29 is 5.11 Å². The zero-order valence-electron chi connectivity index (χ0n) is 23.7. The molecule has 0 atom stereocenters. The SMILES string of the molecule is Cc1ccc(N(c2ccc(C=Cc3ccc4c(C#N)c5cc(O)ccc5cc4c3)cc2)c2cccc3ccccc23)cc1. The Morgan fingerprint density at radius 3 is 2.07 bits per heavy atom. The van der Waals surface area contributed by atoms with E-state index in [4.69, 9.17) is 0 Å². The van der Waals surface area contributed by atoms with Crippen LogP contribution in [-0.2, 0) is 0 Å². The minimum absolute atomic E-state index is 0.160. The van der Waals surface area contributed by atoms with Crippen LogP contribution >= 0.6 is 0 Å². The van der Waals surface area contributed by atoms with Crippen LogP contribution in [-0.4, -0.2) is 5.11 Å². The lowest BCUT2D eigenvalue weighted by atomic mass is 9.96. The summed E-state index contributed by atoms with van der Waals surface area (Å²) in [6, 6.07) is 47.9. The van der Waals surface area contributed by atoms with Crippen LogP contribution < -0.4 is 4.90 Å². The third-order valence-electron chi connectivity index (χ3n) is 7.99. The molecule has 0 radical (unpaired) electrons. The molecular formula is C40H28N2O. The molecule has 0 heterocycles. The Hall–Kier alpha value is -5.85. The van der Waals surface area contributed by atoms with Crippen LogP contribution in [0.2, 0.25) is 0 Å². The highest BCUT2D eigenvalue weighted by Gasteiger charge is 2.15. The zero-order chi connectivity index (χ0) is 29.3.